The summed E-state index contributed by atoms with van der Waals surface area (Å²) in [5, 5.41) is 6.15. The zero-order chi connectivity index (χ0) is 17.1. The quantitative estimate of drug-likeness (QED) is 0.364. The van der Waals surface area contributed by atoms with Gasteiger partial charge in [0.05, 0.1) is 0 Å². The number of hydrazone groups is 1. The zero-order valence-corrected chi connectivity index (χ0v) is 13.5. The second-order valence-electron chi connectivity index (χ2n) is 5.43. The van der Waals surface area contributed by atoms with Gasteiger partial charge in [-0.2, -0.15) is 5.10 Å². The van der Waals surface area contributed by atoms with Gasteiger partial charge in [-0.3, -0.25) is 4.79 Å². The standard InChI is InChI=1S/C13H14Cl2F3N3O/c1-12(2,3)10(22)11(20-21-13(16,17)18)19-9-5-7(14)4-8(15)6-9/h4-6,21H,1-3H3,(H,19,20). The lowest BCUT2D eigenvalue weighted by Crippen LogP contribution is -2.37. The van der Waals surface area contributed by atoms with Crippen LogP contribution in [-0.2, 0) is 4.79 Å². The van der Waals surface area contributed by atoms with Gasteiger partial charge in [0.1, 0.15) is 0 Å². The van der Waals surface area contributed by atoms with Crippen molar-refractivity contribution in [3.63, 3.8) is 0 Å². The van der Waals surface area contributed by atoms with Crippen LogP contribution in [0.2, 0.25) is 10.0 Å². The van der Waals surface area contributed by atoms with Crippen molar-refractivity contribution in [1.82, 2.24) is 5.43 Å². The Bertz CT molecular complexity index is 575. The number of carbonyl (C=O) groups is 1. The fraction of sp³-hybridized carbons (Fsp3) is 0.385. The molecule has 0 fully saturated rings. The number of hydrogen-bond donors (Lipinski definition) is 2. The molecular formula is C13H14Cl2F3N3O. The number of hydrogen-bond acceptors (Lipinski definition) is 3. The molecule has 0 heterocycles. The lowest BCUT2D eigenvalue weighted by molar-refractivity contribution is -0.156. The van der Waals surface area contributed by atoms with E-state index < -0.39 is 23.3 Å². The predicted octanol–water partition coefficient (Wildman–Crippen LogP) is 4.44. The molecule has 0 unspecified atom stereocenters. The topological polar surface area (TPSA) is 53.5 Å². The van der Waals surface area contributed by atoms with Crippen LogP contribution in [0, 0.1) is 5.41 Å². The molecule has 0 amide bonds. The third kappa shape index (κ3) is 6.11. The Kier molecular flexibility index (Phi) is 5.70. The molecule has 0 aliphatic carbocycles. The highest BCUT2D eigenvalue weighted by Gasteiger charge is 2.30. The van der Waals surface area contributed by atoms with Crippen LogP contribution >= 0.6 is 23.2 Å². The molecule has 0 bridgehead atoms. The molecule has 0 aliphatic heterocycles. The van der Waals surface area contributed by atoms with E-state index in [0.29, 0.717) is 0 Å². The molecule has 0 radical (unpaired) electrons. The van der Waals surface area contributed by atoms with Crippen LogP contribution in [0.15, 0.2) is 23.3 Å². The average molecular weight is 356 g/mol. The number of carbonyl (C=O) groups excluding carboxylic acids is 1. The summed E-state index contributed by atoms with van der Waals surface area (Å²) in [6.45, 7) is 4.68. The molecule has 22 heavy (non-hydrogen) atoms. The maximum Gasteiger partial charge on any atom is 0.497 e. The predicted molar refractivity (Wildman–Crippen MR) is 81.2 cm³/mol. The Labute approximate surface area is 135 Å². The van der Waals surface area contributed by atoms with Gasteiger partial charge in [0.15, 0.2) is 5.84 Å². The van der Waals surface area contributed by atoms with E-state index in [1.54, 1.807) is 20.8 Å². The summed E-state index contributed by atoms with van der Waals surface area (Å²) in [5.74, 6) is -1.11. The molecule has 122 valence electrons. The third-order valence-electron chi connectivity index (χ3n) is 2.32. The second-order valence-corrected chi connectivity index (χ2v) is 6.31. The highest BCUT2D eigenvalue weighted by molar-refractivity contribution is 6.45. The largest absolute Gasteiger partial charge is 0.497 e. The van der Waals surface area contributed by atoms with Gasteiger partial charge in [-0.1, -0.05) is 44.0 Å². The summed E-state index contributed by atoms with van der Waals surface area (Å²) < 4.78 is 36.7. The van der Waals surface area contributed by atoms with Gasteiger partial charge >= 0.3 is 6.30 Å². The summed E-state index contributed by atoms with van der Waals surface area (Å²) in [7, 11) is 0. The Hall–Kier alpha value is -1.47. The van der Waals surface area contributed by atoms with Crippen molar-refractivity contribution in [1.29, 1.82) is 0 Å². The zero-order valence-electron chi connectivity index (χ0n) is 12.0. The van der Waals surface area contributed by atoms with Crippen molar-refractivity contribution in [2.75, 3.05) is 5.32 Å². The number of rotatable bonds is 3. The molecule has 0 aliphatic rings. The lowest BCUT2D eigenvalue weighted by atomic mass is 9.90. The fourth-order valence-corrected chi connectivity index (χ4v) is 1.90. The van der Waals surface area contributed by atoms with Crippen molar-refractivity contribution in [3.05, 3.63) is 28.2 Å². The van der Waals surface area contributed by atoms with Gasteiger partial charge in [-0.05, 0) is 18.2 Å². The first-order valence-electron chi connectivity index (χ1n) is 6.08. The minimum absolute atomic E-state index is 0.248. The Morgan fingerprint density at radius 2 is 1.59 bits per heavy atom. The first-order valence-corrected chi connectivity index (χ1v) is 6.83. The maximum atomic E-state index is 12.2. The molecule has 1 aromatic rings. The van der Waals surface area contributed by atoms with Crippen molar-refractivity contribution in [2.45, 2.75) is 27.1 Å². The normalized spacial score (nSPS) is 13.0. The van der Waals surface area contributed by atoms with Crippen LogP contribution in [-0.4, -0.2) is 17.9 Å². The highest BCUT2D eigenvalue weighted by Crippen LogP contribution is 2.24. The fourth-order valence-electron chi connectivity index (χ4n) is 1.37. The third-order valence-corrected chi connectivity index (χ3v) is 2.75. The summed E-state index contributed by atoms with van der Waals surface area (Å²) in [6.07, 6.45) is -4.75. The van der Waals surface area contributed by atoms with Crippen LogP contribution in [0.3, 0.4) is 0 Å². The van der Waals surface area contributed by atoms with Crippen LogP contribution < -0.4 is 10.7 Å². The molecule has 4 nitrogen and oxygen atoms in total. The molecule has 0 spiro atoms. The molecule has 1 rings (SSSR count). The van der Waals surface area contributed by atoms with E-state index in [9.17, 15) is 18.0 Å². The molecule has 0 saturated carbocycles. The Balaban J connectivity index is 3.12. The summed E-state index contributed by atoms with van der Waals surface area (Å²) in [4.78, 5) is 12.2. The van der Waals surface area contributed by atoms with Gasteiger partial charge < -0.3 is 5.32 Å². The van der Waals surface area contributed by atoms with Gasteiger partial charge in [0.2, 0.25) is 5.78 Å². The number of anilines is 1. The van der Waals surface area contributed by atoms with E-state index >= 15 is 0 Å². The average Bonchev–Trinajstić information content (AvgIpc) is 2.30. The van der Waals surface area contributed by atoms with Crippen molar-refractivity contribution < 1.29 is 18.0 Å². The van der Waals surface area contributed by atoms with Crippen molar-refractivity contribution in [2.24, 2.45) is 10.5 Å². The van der Waals surface area contributed by atoms with Gasteiger partial charge in [-0.15, -0.1) is 13.2 Å². The van der Waals surface area contributed by atoms with E-state index in [1.165, 1.54) is 18.2 Å². The number of ketones is 1. The number of benzene rings is 1. The second kappa shape index (κ2) is 6.75. The number of Topliss-reactive ketones (excluding diaryl/α,β-unsaturated/α-hetero) is 1. The smallest absolute Gasteiger partial charge is 0.336 e. The molecule has 0 saturated heterocycles. The Morgan fingerprint density at radius 1 is 1.09 bits per heavy atom. The molecule has 1 aromatic carbocycles. The minimum Gasteiger partial charge on any atom is -0.336 e. The number of amidine groups is 1. The molecular weight excluding hydrogens is 342 g/mol. The highest BCUT2D eigenvalue weighted by atomic mass is 35.5. The van der Waals surface area contributed by atoms with E-state index in [0.717, 1.165) is 5.43 Å². The molecule has 0 atom stereocenters. The molecule has 2 N–H and O–H groups in total. The van der Waals surface area contributed by atoms with Gasteiger partial charge in [0, 0.05) is 21.1 Å². The van der Waals surface area contributed by atoms with Crippen LogP contribution in [0.25, 0.3) is 0 Å². The van der Waals surface area contributed by atoms with Crippen LogP contribution in [0.4, 0.5) is 18.9 Å². The lowest BCUT2D eigenvalue weighted by Gasteiger charge is -2.19. The van der Waals surface area contributed by atoms with Gasteiger partial charge in [-0.25, -0.2) is 5.43 Å². The van der Waals surface area contributed by atoms with E-state index in [1.807, 2.05) is 0 Å². The molecule has 0 aromatic heterocycles. The maximum absolute atomic E-state index is 12.2. The SMILES string of the molecule is CC(C)(C)C(=O)C(=NNC(F)(F)F)Nc1cc(Cl)cc(Cl)c1. The monoisotopic (exact) mass is 355 g/mol. The minimum atomic E-state index is -4.75. The molecule has 9 heteroatoms. The summed E-state index contributed by atoms with van der Waals surface area (Å²) in [5.41, 5.74) is 0.282. The Morgan fingerprint density at radius 3 is 2.00 bits per heavy atom. The van der Waals surface area contributed by atoms with Crippen LogP contribution in [0.1, 0.15) is 20.8 Å². The number of alkyl halides is 3. The van der Waals surface area contributed by atoms with E-state index in [-0.39, 0.29) is 15.7 Å². The van der Waals surface area contributed by atoms with Gasteiger partial charge in [0.25, 0.3) is 0 Å². The number of nitrogens with one attached hydrogen (secondary N) is 2. The summed E-state index contributed by atoms with van der Waals surface area (Å²) in [6, 6.07) is 4.27. The number of nitrogens with zero attached hydrogens (tertiary/aromatic N) is 1. The van der Waals surface area contributed by atoms with E-state index in [4.69, 9.17) is 23.2 Å². The first-order chi connectivity index (χ1) is 9.88. The first kappa shape index (κ1) is 18.6. The van der Waals surface area contributed by atoms with Crippen molar-refractivity contribution in [3.8, 4) is 0 Å². The van der Waals surface area contributed by atoms with Crippen LogP contribution in [0.5, 0.6) is 0 Å². The van der Waals surface area contributed by atoms with Crippen molar-refractivity contribution >= 4 is 40.5 Å². The van der Waals surface area contributed by atoms with E-state index in [2.05, 4.69) is 10.4 Å². The number of halogens is 5. The summed E-state index contributed by atoms with van der Waals surface area (Å²) >= 11 is 11.6.